The van der Waals surface area contributed by atoms with Crippen LogP contribution in [0.15, 0.2) is 30.3 Å². The number of nitrogens with one attached hydrogen (secondary N) is 1. The first-order chi connectivity index (χ1) is 8.87. The summed E-state index contributed by atoms with van der Waals surface area (Å²) in [7, 11) is 4.08. The fourth-order valence-corrected chi connectivity index (χ4v) is 2.03. The topological polar surface area (TPSA) is 28.2 Å². The molecule has 19 heavy (non-hydrogen) atoms. The van der Waals surface area contributed by atoms with Gasteiger partial charge >= 0.3 is 0 Å². The maximum absolute atomic E-state index is 4.76. The summed E-state index contributed by atoms with van der Waals surface area (Å²) in [6.45, 7) is 7.36. The third-order valence-corrected chi connectivity index (χ3v) is 3.01. The zero-order valence-corrected chi connectivity index (χ0v) is 12.5. The van der Waals surface area contributed by atoms with Gasteiger partial charge in [-0.1, -0.05) is 18.2 Å². The summed E-state index contributed by atoms with van der Waals surface area (Å²) in [5, 5.41) is 4.72. The van der Waals surface area contributed by atoms with E-state index in [0.717, 1.165) is 17.9 Å². The molecule has 3 heteroatoms. The lowest BCUT2D eigenvalue weighted by molar-refractivity contribution is 0.424. The molecule has 0 saturated heterocycles. The Morgan fingerprint density at radius 2 is 1.84 bits per heavy atom. The second-order valence-corrected chi connectivity index (χ2v) is 6.16. The minimum atomic E-state index is 0.106. The predicted molar refractivity (Wildman–Crippen MR) is 82.7 cm³/mol. The van der Waals surface area contributed by atoms with E-state index in [1.54, 1.807) is 0 Å². The van der Waals surface area contributed by atoms with Crippen molar-refractivity contribution < 1.29 is 0 Å². The van der Waals surface area contributed by atoms with Crippen LogP contribution in [0.4, 0.5) is 5.82 Å². The van der Waals surface area contributed by atoms with E-state index in [-0.39, 0.29) is 5.54 Å². The van der Waals surface area contributed by atoms with Crippen LogP contribution in [-0.4, -0.2) is 24.6 Å². The third kappa shape index (κ3) is 3.44. The fraction of sp³-hybridized carbons (Fsp3) is 0.438. The maximum Gasteiger partial charge on any atom is 0.133 e. The van der Waals surface area contributed by atoms with Gasteiger partial charge in [-0.15, -0.1) is 0 Å². The van der Waals surface area contributed by atoms with Gasteiger partial charge in [0.05, 0.1) is 5.52 Å². The van der Waals surface area contributed by atoms with E-state index >= 15 is 0 Å². The Hall–Kier alpha value is -1.61. The van der Waals surface area contributed by atoms with E-state index in [2.05, 4.69) is 55.3 Å². The number of nitrogens with zero attached hydrogens (tertiary/aromatic N) is 2. The molecule has 0 aliphatic rings. The van der Waals surface area contributed by atoms with Gasteiger partial charge in [0.1, 0.15) is 5.82 Å². The molecule has 1 aromatic carbocycles. The van der Waals surface area contributed by atoms with E-state index in [4.69, 9.17) is 4.98 Å². The van der Waals surface area contributed by atoms with Crippen LogP contribution in [0.25, 0.3) is 10.9 Å². The lowest BCUT2D eigenvalue weighted by Crippen LogP contribution is -2.35. The fourth-order valence-electron chi connectivity index (χ4n) is 2.03. The summed E-state index contributed by atoms with van der Waals surface area (Å²) < 4.78 is 0. The average Bonchev–Trinajstić information content (AvgIpc) is 2.34. The summed E-state index contributed by atoms with van der Waals surface area (Å²) in [5.41, 5.74) is 2.39. The highest BCUT2D eigenvalue weighted by atomic mass is 15.1. The van der Waals surface area contributed by atoms with E-state index in [9.17, 15) is 0 Å². The van der Waals surface area contributed by atoms with Crippen molar-refractivity contribution in [2.45, 2.75) is 32.9 Å². The van der Waals surface area contributed by atoms with Crippen molar-refractivity contribution in [3.05, 3.63) is 35.9 Å². The smallest absolute Gasteiger partial charge is 0.133 e. The first-order valence-electron chi connectivity index (χ1n) is 6.68. The summed E-state index contributed by atoms with van der Waals surface area (Å²) in [4.78, 5) is 6.84. The standard InChI is InChI=1S/C16H23N3/c1-16(2,3)17-11-13-10-12-8-6-7-9-14(12)18-15(13)19(4)5/h6-10,17H,11H2,1-5H3. The van der Waals surface area contributed by atoms with Gasteiger partial charge in [0, 0.05) is 37.1 Å². The minimum Gasteiger partial charge on any atom is -0.362 e. The highest BCUT2D eigenvalue weighted by molar-refractivity contribution is 5.81. The Morgan fingerprint density at radius 3 is 2.47 bits per heavy atom. The van der Waals surface area contributed by atoms with Crippen LogP contribution >= 0.6 is 0 Å². The summed E-state index contributed by atoms with van der Waals surface area (Å²) in [6.07, 6.45) is 0. The molecule has 0 radical (unpaired) electrons. The van der Waals surface area contributed by atoms with Crippen LogP contribution in [0.5, 0.6) is 0 Å². The second-order valence-electron chi connectivity index (χ2n) is 6.16. The Morgan fingerprint density at radius 1 is 1.16 bits per heavy atom. The number of aromatic nitrogens is 1. The Kier molecular flexibility index (Phi) is 3.76. The van der Waals surface area contributed by atoms with Gasteiger partial charge in [0.25, 0.3) is 0 Å². The van der Waals surface area contributed by atoms with Gasteiger partial charge < -0.3 is 10.2 Å². The molecule has 1 N–H and O–H groups in total. The third-order valence-electron chi connectivity index (χ3n) is 3.01. The van der Waals surface area contributed by atoms with Crippen molar-refractivity contribution in [3.63, 3.8) is 0 Å². The molecule has 0 spiro atoms. The Labute approximate surface area is 115 Å². The number of rotatable bonds is 3. The molecular formula is C16H23N3. The molecule has 2 aromatic rings. The van der Waals surface area contributed by atoms with Crippen LogP contribution in [0.2, 0.25) is 0 Å². The molecular weight excluding hydrogens is 234 g/mol. The largest absolute Gasteiger partial charge is 0.362 e. The van der Waals surface area contributed by atoms with Crippen LogP contribution < -0.4 is 10.2 Å². The quantitative estimate of drug-likeness (QED) is 0.915. The molecule has 0 amide bonds. The Bertz CT molecular complexity index is 568. The highest BCUT2D eigenvalue weighted by Crippen LogP contribution is 2.22. The Balaban J connectivity index is 2.42. The molecule has 1 aromatic heterocycles. The molecule has 0 bridgehead atoms. The molecule has 0 unspecified atom stereocenters. The minimum absolute atomic E-state index is 0.106. The van der Waals surface area contributed by atoms with Gasteiger partial charge in [-0.05, 0) is 32.9 Å². The number of anilines is 1. The van der Waals surface area contributed by atoms with E-state index in [0.29, 0.717) is 0 Å². The normalized spacial score (nSPS) is 11.8. The number of para-hydroxylation sites is 1. The summed E-state index contributed by atoms with van der Waals surface area (Å²) in [6, 6.07) is 10.5. The second kappa shape index (κ2) is 5.17. The van der Waals surface area contributed by atoms with Gasteiger partial charge in [-0.2, -0.15) is 0 Å². The molecule has 0 atom stereocenters. The molecule has 0 aliphatic carbocycles. The van der Waals surface area contributed by atoms with Crippen molar-refractivity contribution in [1.82, 2.24) is 10.3 Å². The maximum atomic E-state index is 4.76. The van der Waals surface area contributed by atoms with Crippen molar-refractivity contribution in [3.8, 4) is 0 Å². The van der Waals surface area contributed by atoms with E-state index < -0.39 is 0 Å². The lowest BCUT2D eigenvalue weighted by Gasteiger charge is -2.23. The first-order valence-corrected chi connectivity index (χ1v) is 6.68. The van der Waals surface area contributed by atoms with Crippen LogP contribution in [0.3, 0.4) is 0 Å². The SMILES string of the molecule is CN(C)c1nc2ccccc2cc1CNC(C)(C)C. The molecule has 2 rings (SSSR count). The van der Waals surface area contributed by atoms with Crippen LogP contribution in [0, 0.1) is 0 Å². The first kappa shape index (κ1) is 13.8. The monoisotopic (exact) mass is 257 g/mol. The van der Waals surface area contributed by atoms with Crippen molar-refractivity contribution in [2.75, 3.05) is 19.0 Å². The zero-order chi connectivity index (χ0) is 14.0. The summed E-state index contributed by atoms with van der Waals surface area (Å²) in [5.74, 6) is 1.04. The predicted octanol–water partition coefficient (Wildman–Crippen LogP) is 3.19. The van der Waals surface area contributed by atoms with Gasteiger partial charge in [-0.3, -0.25) is 0 Å². The average molecular weight is 257 g/mol. The van der Waals surface area contributed by atoms with Crippen molar-refractivity contribution in [1.29, 1.82) is 0 Å². The molecule has 0 fully saturated rings. The summed E-state index contributed by atoms with van der Waals surface area (Å²) >= 11 is 0. The lowest BCUT2D eigenvalue weighted by atomic mass is 10.1. The number of pyridine rings is 1. The number of fused-ring (bicyclic) bond motifs is 1. The van der Waals surface area contributed by atoms with Crippen LogP contribution in [0.1, 0.15) is 26.3 Å². The molecule has 3 nitrogen and oxygen atoms in total. The molecule has 0 aliphatic heterocycles. The number of benzene rings is 1. The number of hydrogen-bond acceptors (Lipinski definition) is 3. The van der Waals surface area contributed by atoms with E-state index in [1.807, 2.05) is 20.2 Å². The van der Waals surface area contributed by atoms with Crippen molar-refractivity contribution in [2.24, 2.45) is 0 Å². The molecule has 102 valence electrons. The van der Waals surface area contributed by atoms with Gasteiger partial charge in [-0.25, -0.2) is 4.98 Å². The highest BCUT2D eigenvalue weighted by Gasteiger charge is 2.13. The van der Waals surface area contributed by atoms with Crippen LogP contribution in [-0.2, 0) is 6.54 Å². The van der Waals surface area contributed by atoms with E-state index in [1.165, 1.54) is 10.9 Å². The van der Waals surface area contributed by atoms with Gasteiger partial charge in [0.15, 0.2) is 0 Å². The number of hydrogen-bond donors (Lipinski definition) is 1. The molecule has 1 heterocycles. The van der Waals surface area contributed by atoms with Gasteiger partial charge in [0.2, 0.25) is 0 Å². The zero-order valence-electron chi connectivity index (χ0n) is 12.5. The van der Waals surface area contributed by atoms with Crippen molar-refractivity contribution >= 4 is 16.7 Å². The molecule has 0 saturated carbocycles.